The summed E-state index contributed by atoms with van der Waals surface area (Å²) in [6.07, 6.45) is 0. The number of benzene rings is 1. The molecular formula is C11H12FNO3. The van der Waals surface area contributed by atoms with Gasteiger partial charge < -0.3 is 10.4 Å². The minimum absolute atomic E-state index is 0.0287. The van der Waals surface area contributed by atoms with Gasteiger partial charge in [-0.25, -0.2) is 9.18 Å². The summed E-state index contributed by atoms with van der Waals surface area (Å²) < 4.78 is 13.4. The number of carboxylic acids is 1. The van der Waals surface area contributed by atoms with Crippen LogP contribution in [0, 0.1) is 12.7 Å². The first kappa shape index (κ1) is 12.3. The monoisotopic (exact) mass is 225 g/mol. The number of hydrogen-bond donors (Lipinski definition) is 2. The molecule has 0 heterocycles. The van der Waals surface area contributed by atoms with E-state index in [1.807, 2.05) is 0 Å². The van der Waals surface area contributed by atoms with Gasteiger partial charge in [-0.1, -0.05) is 0 Å². The van der Waals surface area contributed by atoms with Gasteiger partial charge in [0.2, 0.25) is 0 Å². The summed E-state index contributed by atoms with van der Waals surface area (Å²) in [6.45, 7) is 1.46. The number of carbonyl (C=O) groups is 2. The van der Waals surface area contributed by atoms with E-state index in [0.717, 1.165) is 12.1 Å². The number of halogens is 1. The quantitative estimate of drug-likeness (QED) is 0.756. The highest BCUT2D eigenvalue weighted by Gasteiger charge is 2.16. The molecule has 1 aromatic carbocycles. The second-order valence-corrected chi connectivity index (χ2v) is 3.41. The summed E-state index contributed by atoms with van der Waals surface area (Å²) in [4.78, 5) is 22.3. The van der Waals surface area contributed by atoms with Crippen LogP contribution in [-0.2, 0) is 0 Å². The predicted molar refractivity (Wildman–Crippen MR) is 56.4 cm³/mol. The van der Waals surface area contributed by atoms with Gasteiger partial charge >= 0.3 is 5.97 Å². The highest BCUT2D eigenvalue weighted by Crippen LogP contribution is 2.16. The lowest BCUT2D eigenvalue weighted by Gasteiger charge is -2.06. The zero-order chi connectivity index (χ0) is 12.3. The van der Waals surface area contributed by atoms with Crippen molar-refractivity contribution in [3.63, 3.8) is 0 Å². The highest BCUT2D eigenvalue weighted by molar-refractivity contribution is 6.00. The number of carboxylic acid groups (broad SMARTS) is 1. The standard InChI is InChI=1S/C11H12FNO3/c1-6-3-9(12)8(10(14)5-13-2)4-7(6)11(15)16/h3-4,13H,5H2,1-2H3,(H,15,16). The number of Topliss-reactive ketones (excluding diaryl/α,β-unsaturated/α-hetero) is 1. The first-order valence-corrected chi connectivity index (χ1v) is 4.68. The van der Waals surface area contributed by atoms with Gasteiger partial charge in [0, 0.05) is 0 Å². The Morgan fingerprint density at radius 1 is 1.38 bits per heavy atom. The highest BCUT2D eigenvalue weighted by atomic mass is 19.1. The van der Waals surface area contributed by atoms with Gasteiger partial charge in [0.1, 0.15) is 5.82 Å². The van der Waals surface area contributed by atoms with Gasteiger partial charge in [0.05, 0.1) is 17.7 Å². The minimum atomic E-state index is -1.17. The molecular weight excluding hydrogens is 213 g/mol. The Morgan fingerprint density at radius 3 is 2.50 bits per heavy atom. The molecule has 0 aliphatic rings. The number of ketones is 1. The first-order valence-electron chi connectivity index (χ1n) is 4.68. The number of likely N-dealkylation sites (N-methyl/N-ethyl adjacent to an activating group) is 1. The van der Waals surface area contributed by atoms with Crippen molar-refractivity contribution in [2.45, 2.75) is 6.92 Å². The van der Waals surface area contributed by atoms with Crippen molar-refractivity contribution in [2.75, 3.05) is 13.6 Å². The molecule has 2 N–H and O–H groups in total. The molecule has 4 nitrogen and oxygen atoms in total. The van der Waals surface area contributed by atoms with Crippen molar-refractivity contribution in [1.82, 2.24) is 5.32 Å². The van der Waals surface area contributed by atoms with Crippen LogP contribution in [-0.4, -0.2) is 30.5 Å². The van der Waals surface area contributed by atoms with E-state index in [-0.39, 0.29) is 17.7 Å². The van der Waals surface area contributed by atoms with E-state index in [4.69, 9.17) is 5.11 Å². The number of nitrogens with one attached hydrogen (secondary N) is 1. The maximum atomic E-state index is 13.4. The predicted octanol–water partition coefficient (Wildman–Crippen LogP) is 1.23. The lowest BCUT2D eigenvalue weighted by Crippen LogP contribution is -2.20. The van der Waals surface area contributed by atoms with E-state index in [1.165, 1.54) is 6.92 Å². The van der Waals surface area contributed by atoms with Crippen LogP contribution < -0.4 is 5.32 Å². The second kappa shape index (κ2) is 4.85. The maximum Gasteiger partial charge on any atom is 0.335 e. The van der Waals surface area contributed by atoms with E-state index in [2.05, 4.69) is 5.32 Å². The topological polar surface area (TPSA) is 66.4 Å². The van der Waals surface area contributed by atoms with E-state index in [1.54, 1.807) is 7.05 Å². The molecule has 0 unspecified atom stereocenters. The van der Waals surface area contributed by atoms with E-state index < -0.39 is 17.6 Å². The van der Waals surface area contributed by atoms with Crippen LogP contribution >= 0.6 is 0 Å². The fourth-order valence-corrected chi connectivity index (χ4v) is 1.37. The molecule has 16 heavy (non-hydrogen) atoms. The van der Waals surface area contributed by atoms with Crippen molar-refractivity contribution in [3.8, 4) is 0 Å². The smallest absolute Gasteiger partial charge is 0.335 e. The summed E-state index contributed by atoms with van der Waals surface area (Å²) in [7, 11) is 1.56. The van der Waals surface area contributed by atoms with Crippen molar-refractivity contribution >= 4 is 11.8 Å². The Kier molecular flexibility index (Phi) is 3.73. The summed E-state index contributed by atoms with van der Waals surface area (Å²) in [5.41, 5.74) is 0.0456. The van der Waals surface area contributed by atoms with Crippen LogP contribution in [0.1, 0.15) is 26.3 Å². The number of carbonyl (C=O) groups excluding carboxylic acids is 1. The SMILES string of the molecule is CNCC(=O)c1cc(C(=O)O)c(C)cc1F. The zero-order valence-corrected chi connectivity index (χ0v) is 9.00. The molecule has 0 aliphatic heterocycles. The molecule has 0 spiro atoms. The van der Waals surface area contributed by atoms with Crippen LogP contribution in [0.2, 0.25) is 0 Å². The van der Waals surface area contributed by atoms with Crippen molar-refractivity contribution in [3.05, 3.63) is 34.6 Å². The third kappa shape index (κ3) is 2.43. The summed E-state index contributed by atoms with van der Waals surface area (Å²) in [6, 6.07) is 2.14. The van der Waals surface area contributed by atoms with Crippen LogP contribution in [0.3, 0.4) is 0 Å². The first-order chi connectivity index (χ1) is 7.47. The fourth-order valence-electron chi connectivity index (χ4n) is 1.37. The normalized spacial score (nSPS) is 10.2. The van der Waals surface area contributed by atoms with E-state index in [9.17, 15) is 14.0 Å². The van der Waals surface area contributed by atoms with Crippen molar-refractivity contribution < 1.29 is 19.1 Å². The van der Waals surface area contributed by atoms with Gasteiger partial charge in [-0.05, 0) is 31.7 Å². The largest absolute Gasteiger partial charge is 0.478 e. The Labute approximate surface area is 92.1 Å². The number of aromatic carboxylic acids is 1. The third-order valence-corrected chi connectivity index (χ3v) is 2.18. The molecule has 0 aromatic heterocycles. The number of rotatable bonds is 4. The van der Waals surface area contributed by atoms with E-state index in [0.29, 0.717) is 5.56 Å². The fraction of sp³-hybridized carbons (Fsp3) is 0.273. The summed E-state index contributed by atoms with van der Waals surface area (Å²) in [5, 5.41) is 11.4. The van der Waals surface area contributed by atoms with Crippen molar-refractivity contribution in [2.24, 2.45) is 0 Å². The zero-order valence-electron chi connectivity index (χ0n) is 9.00. The molecule has 0 amide bonds. The van der Waals surface area contributed by atoms with Crippen LogP contribution in [0.25, 0.3) is 0 Å². The Morgan fingerprint density at radius 2 is 2.00 bits per heavy atom. The molecule has 0 radical (unpaired) electrons. The number of aryl methyl sites for hydroxylation is 1. The summed E-state index contributed by atoms with van der Waals surface area (Å²) in [5.74, 6) is -2.33. The summed E-state index contributed by atoms with van der Waals surface area (Å²) >= 11 is 0. The van der Waals surface area contributed by atoms with Gasteiger partial charge in [-0.3, -0.25) is 4.79 Å². The van der Waals surface area contributed by atoms with Crippen LogP contribution in [0.4, 0.5) is 4.39 Å². The molecule has 0 saturated heterocycles. The molecule has 0 bridgehead atoms. The molecule has 5 heteroatoms. The van der Waals surface area contributed by atoms with Crippen molar-refractivity contribution in [1.29, 1.82) is 0 Å². The third-order valence-electron chi connectivity index (χ3n) is 2.18. The van der Waals surface area contributed by atoms with Crippen LogP contribution in [0.5, 0.6) is 0 Å². The van der Waals surface area contributed by atoms with Crippen LogP contribution in [0.15, 0.2) is 12.1 Å². The van der Waals surface area contributed by atoms with Gasteiger partial charge in [0.15, 0.2) is 5.78 Å². The lowest BCUT2D eigenvalue weighted by atomic mass is 10.0. The Balaban J connectivity index is 3.24. The maximum absolute atomic E-state index is 13.4. The van der Waals surface area contributed by atoms with E-state index >= 15 is 0 Å². The molecule has 0 atom stereocenters. The molecule has 0 aliphatic carbocycles. The lowest BCUT2D eigenvalue weighted by molar-refractivity contribution is 0.0696. The van der Waals surface area contributed by atoms with Gasteiger partial charge in [-0.15, -0.1) is 0 Å². The molecule has 1 rings (SSSR count). The van der Waals surface area contributed by atoms with Gasteiger partial charge in [-0.2, -0.15) is 0 Å². The average molecular weight is 225 g/mol. The average Bonchev–Trinajstić information content (AvgIpc) is 2.17. The molecule has 86 valence electrons. The molecule has 0 saturated carbocycles. The van der Waals surface area contributed by atoms with Gasteiger partial charge in [0.25, 0.3) is 0 Å². The number of hydrogen-bond acceptors (Lipinski definition) is 3. The Hall–Kier alpha value is -1.75. The second-order valence-electron chi connectivity index (χ2n) is 3.41. The molecule has 0 fully saturated rings. The minimum Gasteiger partial charge on any atom is -0.478 e. The molecule has 1 aromatic rings. The Bertz CT molecular complexity index is 443.